The topological polar surface area (TPSA) is 84.5 Å². The largest absolute Gasteiger partial charge is 0.497 e. The van der Waals surface area contributed by atoms with Crippen LogP contribution >= 0.6 is 0 Å². The van der Waals surface area contributed by atoms with E-state index in [9.17, 15) is 13.2 Å². The molecule has 2 saturated carbocycles. The average Bonchev–Trinajstić information content (AvgIpc) is 3.32. The molecule has 0 unspecified atom stereocenters. The summed E-state index contributed by atoms with van der Waals surface area (Å²) in [6.45, 7) is 1.79. The molecular weight excluding hydrogens is 388 g/mol. The fourth-order valence-electron chi connectivity index (χ4n) is 4.55. The summed E-state index contributed by atoms with van der Waals surface area (Å²) in [4.78, 5) is 12.8. The second kappa shape index (κ2) is 7.71. The Labute approximate surface area is 171 Å². The molecule has 154 valence electrons. The van der Waals surface area contributed by atoms with Gasteiger partial charge in [-0.3, -0.25) is 9.52 Å². The molecule has 7 heteroatoms. The minimum Gasteiger partial charge on any atom is -0.497 e. The Morgan fingerprint density at radius 3 is 2.41 bits per heavy atom. The van der Waals surface area contributed by atoms with E-state index in [-0.39, 0.29) is 16.8 Å². The number of aryl methyl sites for hydroxylation is 1. The number of hydrogen-bond acceptors (Lipinski definition) is 4. The fraction of sp³-hybridized carbons (Fsp3) is 0.409. The van der Waals surface area contributed by atoms with E-state index in [4.69, 9.17) is 4.74 Å². The van der Waals surface area contributed by atoms with Gasteiger partial charge in [-0.1, -0.05) is 6.42 Å². The SMILES string of the molecule is COc1ccc(S(=O)(=O)Nc2ccc(C(=O)N[C@@H]3C[C@H]4CC[C@H]3C4)cc2C)cc1. The number of nitrogens with one attached hydrogen (secondary N) is 2. The standard InChI is InChI=1S/C22H26N2O4S/c1-14-11-17(22(25)23-21-13-15-3-4-16(21)12-15)5-10-20(14)24-29(26,27)19-8-6-18(28-2)7-9-19/h5-11,15-16,21,24H,3-4,12-13H2,1-2H3,(H,23,25)/t15-,16-,21+/m0/s1. The zero-order valence-electron chi connectivity index (χ0n) is 16.6. The molecule has 2 aliphatic rings. The van der Waals surface area contributed by atoms with Gasteiger partial charge < -0.3 is 10.1 Å². The number of ether oxygens (including phenoxy) is 1. The van der Waals surface area contributed by atoms with Gasteiger partial charge in [-0.25, -0.2) is 8.42 Å². The molecular formula is C22H26N2O4S. The van der Waals surface area contributed by atoms with E-state index < -0.39 is 10.0 Å². The molecule has 4 rings (SSSR count). The molecule has 2 bridgehead atoms. The van der Waals surface area contributed by atoms with Crippen LogP contribution in [0, 0.1) is 18.8 Å². The summed E-state index contributed by atoms with van der Waals surface area (Å²) in [6.07, 6.45) is 4.81. The zero-order chi connectivity index (χ0) is 20.6. The molecule has 2 N–H and O–H groups in total. The maximum Gasteiger partial charge on any atom is 0.261 e. The van der Waals surface area contributed by atoms with Gasteiger partial charge in [-0.2, -0.15) is 0 Å². The van der Waals surface area contributed by atoms with Gasteiger partial charge >= 0.3 is 0 Å². The van der Waals surface area contributed by atoms with E-state index in [1.54, 1.807) is 37.3 Å². The second-order valence-electron chi connectivity index (χ2n) is 8.07. The molecule has 0 spiro atoms. The van der Waals surface area contributed by atoms with Crippen molar-refractivity contribution in [3.63, 3.8) is 0 Å². The number of benzene rings is 2. The molecule has 2 fully saturated rings. The predicted molar refractivity (Wildman–Crippen MR) is 112 cm³/mol. The summed E-state index contributed by atoms with van der Waals surface area (Å²) in [6, 6.07) is 11.5. The highest BCUT2D eigenvalue weighted by Gasteiger charge is 2.40. The van der Waals surface area contributed by atoms with Crippen LogP contribution in [0.25, 0.3) is 0 Å². The van der Waals surface area contributed by atoms with Crippen molar-refractivity contribution in [2.24, 2.45) is 11.8 Å². The molecule has 0 aliphatic heterocycles. The minimum atomic E-state index is -3.72. The van der Waals surface area contributed by atoms with Crippen molar-refractivity contribution >= 4 is 21.6 Å². The van der Waals surface area contributed by atoms with Crippen molar-refractivity contribution < 1.29 is 17.9 Å². The summed E-state index contributed by atoms with van der Waals surface area (Å²) in [5.41, 5.74) is 1.71. The first-order valence-electron chi connectivity index (χ1n) is 9.94. The fourth-order valence-corrected chi connectivity index (χ4v) is 5.68. The maximum absolute atomic E-state index is 12.6. The normalized spacial score (nSPS) is 23.0. The van der Waals surface area contributed by atoms with Crippen LogP contribution in [0.3, 0.4) is 0 Å². The number of amides is 1. The number of carbonyl (C=O) groups is 1. The number of sulfonamides is 1. The summed E-state index contributed by atoms with van der Waals surface area (Å²) < 4.78 is 33.0. The molecule has 29 heavy (non-hydrogen) atoms. The first-order valence-corrected chi connectivity index (χ1v) is 11.4. The number of anilines is 1. The van der Waals surface area contributed by atoms with Gasteiger partial charge in [0, 0.05) is 11.6 Å². The highest BCUT2D eigenvalue weighted by Crippen LogP contribution is 2.44. The second-order valence-corrected chi connectivity index (χ2v) is 9.75. The highest BCUT2D eigenvalue weighted by molar-refractivity contribution is 7.92. The predicted octanol–water partition coefficient (Wildman–Crippen LogP) is 3.72. The molecule has 2 aromatic rings. The minimum absolute atomic E-state index is 0.0878. The lowest BCUT2D eigenvalue weighted by atomic mass is 9.95. The lowest BCUT2D eigenvalue weighted by Gasteiger charge is -2.23. The van der Waals surface area contributed by atoms with Gasteiger partial charge in [0.2, 0.25) is 0 Å². The van der Waals surface area contributed by atoms with Crippen molar-refractivity contribution in [3.05, 3.63) is 53.6 Å². The van der Waals surface area contributed by atoms with Crippen molar-refractivity contribution in [1.29, 1.82) is 0 Å². The Bertz CT molecular complexity index is 1020. The van der Waals surface area contributed by atoms with E-state index in [1.165, 1.54) is 38.5 Å². The van der Waals surface area contributed by atoms with Crippen LogP contribution in [0.4, 0.5) is 5.69 Å². The van der Waals surface area contributed by atoms with Gasteiger partial charge in [0.15, 0.2) is 0 Å². The Kier molecular flexibility index (Phi) is 5.25. The Hall–Kier alpha value is -2.54. The van der Waals surface area contributed by atoms with Crippen LogP contribution < -0.4 is 14.8 Å². The third kappa shape index (κ3) is 4.10. The molecule has 0 aromatic heterocycles. The van der Waals surface area contributed by atoms with Crippen molar-refractivity contribution in [2.75, 3.05) is 11.8 Å². The number of carbonyl (C=O) groups excluding carboxylic acids is 1. The van der Waals surface area contributed by atoms with Gasteiger partial charge in [-0.15, -0.1) is 0 Å². The zero-order valence-corrected chi connectivity index (χ0v) is 17.5. The molecule has 3 atom stereocenters. The van der Waals surface area contributed by atoms with Gasteiger partial charge in [-0.05, 0) is 86.1 Å². The van der Waals surface area contributed by atoms with Crippen LogP contribution in [-0.4, -0.2) is 27.5 Å². The number of fused-ring (bicyclic) bond motifs is 2. The van der Waals surface area contributed by atoms with Gasteiger partial charge in [0.05, 0.1) is 17.7 Å². The number of hydrogen-bond donors (Lipinski definition) is 2. The Morgan fingerprint density at radius 1 is 1.07 bits per heavy atom. The van der Waals surface area contributed by atoms with Gasteiger partial charge in [0.1, 0.15) is 5.75 Å². The molecule has 2 aromatic carbocycles. The van der Waals surface area contributed by atoms with Crippen molar-refractivity contribution in [1.82, 2.24) is 5.32 Å². The van der Waals surface area contributed by atoms with Crippen LogP contribution in [-0.2, 0) is 10.0 Å². The smallest absolute Gasteiger partial charge is 0.261 e. The van der Waals surface area contributed by atoms with E-state index in [1.807, 2.05) is 0 Å². The van der Waals surface area contributed by atoms with Crippen LogP contribution in [0.15, 0.2) is 47.4 Å². The highest BCUT2D eigenvalue weighted by atomic mass is 32.2. The molecule has 0 saturated heterocycles. The Morgan fingerprint density at radius 2 is 1.83 bits per heavy atom. The average molecular weight is 415 g/mol. The summed E-state index contributed by atoms with van der Waals surface area (Å²) >= 11 is 0. The number of rotatable bonds is 6. The van der Waals surface area contributed by atoms with Crippen LogP contribution in [0.1, 0.15) is 41.6 Å². The van der Waals surface area contributed by atoms with Gasteiger partial charge in [0.25, 0.3) is 15.9 Å². The lowest BCUT2D eigenvalue weighted by molar-refractivity contribution is 0.0923. The molecule has 0 radical (unpaired) electrons. The third-order valence-corrected chi connectivity index (χ3v) is 7.54. The Balaban J connectivity index is 1.45. The summed E-state index contributed by atoms with van der Waals surface area (Å²) in [5, 5.41) is 3.17. The first kappa shape index (κ1) is 19.8. The molecule has 0 heterocycles. The first-order chi connectivity index (χ1) is 13.9. The number of methoxy groups -OCH3 is 1. The van der Waals surface area contributed by atoms with Crippen LogP contribution in [0.5, 0.6) is 5.75 Å². The molecule has 2 aliphatic carbocycles. The third-order valence-electron chi connectivity index (χ3n) is 6.16. The monoisotopic (exact) mass is 414 g/mol. The van der Waals surface area contributed by atoms with Crippen LogP contribution in [0.2, 0.25) is 0 Å². The maximum atomic E-state index is 12.6. The van der Waals surface area contributed by atoms with E-state index in [2.05, 4.69) is 10.0 Å². The quantitative estimate of drug-likeness (QED) is 0.754. The van der Waals surface area contributed by atoms with E-state index in [0.717, 1.165) is 12.3 Å². The molecule has 6 nitrogen and oxygen atoms in total. The lowest BCUT2D eigenvalue weighted by Crippen LogP contribution is -2.38. The van der Waals surface area contributed by atoms with E-state index in [0.29, 0.717) is 28.5 Å². The van der Waals surface area contributed by atoms with Crippen molar-refractivity contribution in [3.8, 4) is 5.75 Å². The summed E-state index contributed by atoms with van der Waals surface area (Å²) in [7, 11) is -2.20. The van der Waals surface area contributed by atoms with E-state index >= 15 is 0 Å². The molecule has 1 amide bonds. The van der Waals surface area contributed by atoms with Crippen molar-refractivity contribution in [2.45, 2.75) is 43.5 Å². The summed E-state index contributed by atoms with van der Waals surface area (Å²) in [5.74, 6) is 1.88.